The monoisotopic (exact) mass is 291 g/mol. The fourth-order valence-electron chi connectivity index (χ4n) is 3.20. The van der Waals surface area contributed by atoms with E-state index in [1.165, 1.54) is 17.3 Å². The summed E-state index contributed by atoms with van der Waals surface area (Å²) in [4.78, 5) is 0. The minimum absolute atomic E-state index is 0.143. The molecule has 0 amide bonds. The second-order valence-electron chi connectivity index (χ2n) is 5.93. The van der Waals surface area contributed by atoms with Crippen molar-refractivity contribution in [2.24, 2.45) is 0 Å². The Morgan fingerprint density at radius 1 is 1.24 bits per heavy atom. The van der Waals surface area contributed by atoms with Gasteiger partial charge in [-0.1, -0.05) is 12.1 Å². The van der Waals surface area contributed by atoms with Crippen LogP contribution in [0.1, 0.15) is 37.3 Å². The largest absolute Gasteiger partial charge is 0.384 e. The molecule has 0 unspecified atom stereocenters. The summed E-state index contributed by atoms with van der Waals surface area (Å²) in [6, 6.07) is 5.20. The van der Waals surface area contributed by atoms with Crippen LogP contribution in [0.25, 0.3) is 0 Å². The third-order valence-corrected chi connectivity index (χ3v) is 4.45. The predicted molar refractivity (Wildman–Crippen MR) is 79.2 cm³/mol. The molecule has 3 nitrogen and oxygen atoms in total. The third kappa shape index (κ3) is 2.97. The Morgan fingerprint density at radius 2 is 2.00 bits per heavy atom. The van der Waals surface area contributed by atoms with Gasteiger partial charge < -0.3 is 14.8 Å². The summed E-state index contributed by atoms with van der Waals surface area (Å²) >= 11 is 0. The summed E-state index contributed by atoms with van der Waals surface area (Å²) in [7, 11) is 0. The van der Waals surface area contributed by atoms with Crippen molar-refractivity contribution >= 4 is 0 Å². The van der Waals surface area contributed by atoms with Crippen LogP contribution in [0.4, 0.5) is 4.39 Å². The van der Waals surface area contributed by atoms with E-state index in [2.05, 4.69) is 12.2 Å². The van der Waals surface area contributed by atoms with Crippen molar-refractivity contribution < 1.29 is 13.9 Å². The molecule has 1 fully saturated rings. The number of hydrogen-bond acceptors (Lipinski definition) is 3. The molecular formula is C17H22FNO2. The Balaban J connectivity index is 1.68. The molecule has 114 valence electrons. The van der Waals surface area contributed by atoms with E-state index in [0.29, 0.717) is 19.8 Å². The molecule has 1 N–H and O–H groups in total. The van der Waals surface area contributed by atoms with Crippen LogP contribution in [0.2, 0.25) is 0 Å². The average molecular weight is 291 g/mol. The standard InChI is InChI=1S/C17H22FNO2/c1-12-4-3-5-15(18)14(12)11-19-16-6-7-17(10-13(16)2)20-8-9-21-17/h3-5,19H,6-11H2,1-2H3. The van der Waals surface area contributed by atoms with Gasteiger partial charge in [-0.25, -0.2) is 4.39 Å². The van der Waals surface area contributed by atoms with Crippen molar-refractivity contribution in [1.82, 2.24) is 5.32 Å². The maximum absolute atomic E-state index is 13.8. The van der Waals surface area contributed by atoms with E-state index in [-0.39, 0.29) is 5.82 Å². The van der Waals surface area contributed by atoms with Crippen LogP contribution in [0.15, 0.2) is 29.5 Å². The van der Waals surface area contributed by atoms with Crippen LogP contribution in [0.5, 0.6) is 0 Å². The van der Waals surface area contributed by atoms with E-state index in [4.69, 9.17) is 9.47 Å². The SMILES string of the molecule is CC1=C(NCc2c(C)cccc2F)CCC2(C1)OCCO2. The van der Waals surface area contributed by atoms with Crippen molar-refractivity contribution in [2.45, 2.75) is 45.4 Å². The highest BCUT2D eigenvalue weighted by Gasteiger charge is 2.39. The molecule has 1 aromatic rings. The van der Waals surface area contributed by atoms with Gasteiger partial charge in [0.2, 0.25) is 0 Å². The van der Waals surface area contributed by atoms with E-state index in [9.17, 15) is 4.39 Å². The van der Waals surface area contributed by atoms with Crippen molar-refractivity contribution in [2.75, 3.05) is 13.2 Å². The zero-order chi connectivity index (χ0) is 14.9. The lowest BCUT2D eigenvalue weighted by Crippen LogP contribution is -2.35. The quantitative estimate of drug-likeness (QED) is 0.925. The molecule has 0 bridgehead atoms. The van der Waals surface area contributed by atoms with Crippen LogP contribution in [0.3, 0.4) is 0 Å². The van der Waals surface area contributed by atoms with Gasteiger partial charge in [0.1, 0.15) is 5.82 Å². The first kappa shape index (κ1) is 14.5. The Labute approximate surface area is 125 Å². The van der Waals surface area contributed by atoms with E-state index in [1.54, 1.807) is 6.07 Å². The summed E-state index contributed by atoms with van der Waals surface area (Å²) in [6.45, 7) is 5.94. The Hall–Kier alpha value is -1.39. The lowest BCUT2D eigenvalue weighted by molar-refractivity contribution is -0.163. The molecule has 1 aliphatic carbocycles. The molecule has 1 spiro atoms. The highest BCUT2D eigenvalue weighted by atomic mass is 19.1. The molecule has 2 aliphatic rings. The van der Waals surface area contributed by atoms with E-state index in [0.717, 1.165) is 30.4 Å². The lowest BCUT2D eigenvalue weighted by Gasteiger charge is -2.33. The molecule has 1 heterocycles. The molecule has 1 saturated heterocycles. The molecule has 0 aromatic heterocycles. The highest BCUT2D eigenvalue weighted by Crippen LogP contribution is 2.37. The summed E-state index contributed by atoms with van der Waals surface area (Å²) in [5.41, 5.74) is 4.17. The maximum atomic E-state index is 13.8. The average Bonchev–Trinajstić information content (AvgIpc) is 2.88. The third-order valence-electron chi connectivity index (χ3n) is 4.45. The van der Waals surface area contributed by atoms with Gasteiger partial charge in [0.15, 0.2) is 5.79 Å². The van der Waals surface area contributed by atoms with Crippen LogP contribution >= 0.6 is 0 Å². The topological polar surface area (TPSA) is 30.5 Å². The predicted octanol–water partition coefficient (Wildman–Crippen LogP) is 3.42. The molecule has 0 saturated carbocycles. The molecule has 4 heteroatoms. The number of aryl methyl sites for hydroxylation is 1. The van der Waals surface area contributed by atoms with Crippen molar-refractivity contribution in [3.8, 4) is 0 Å². The smallest absolute Gasteiger partial charge is 0.172 e. The highest BCUT2D eigenvalue weighted by molar-refractivity contribution is 5.28. The van der Waals surface area contributed by atoms with Crippen LogP contribution < -0.4 is 5.32 Å². The first-order valence-electron chi connectivity index (χ1n) is 7.54. The van der Waals surface area contributed by atoms with Gasteiger partial charge in [-0.3, -0.25) is 0 Å². The van der Waals surface area contributed by atoms with E-state index >= 15 is 0 Å². The Kier molecular flexibility index (Phi) is 4.00. The summed E-state index contributed by atoms with van der Waals surface area (Å²) < 4.78 is 25.4. The van der Waals surface area contributed by atoms with Gasteiger partial charge in [0.05, 0.1) is 13.2 Å². The zero-order valence-corrected chi connectivity index (χ0v) is 12.7. The van der Waals surface area contributed by atoms with Gasteiger partial charge >= 0.3 is 0 Å². The number of hydrogen-bond donors (Lipinski definition) is 1. The minimum Gasteiger partial charge on any atom is -0.384 e. The number of ether oxygens (including phenoxy) is 2. The van der Waals surface area contributed by atoms with Crippen molar-refractivity contribution in [1.29, 1.82) is 0 Å². The van der Waals surface area contributed by atoms with Gasteiger partial charge in [0, 0.05) is 30.6 Å². The van der Waals surface area contributed by atoms with Crippen LogP contribution in [-0.2, 0) is 16.0 Å². The fourth-order valence-corrected chi connectivity index (χ4v) is 3.20. The zero-order valence-electron chi connectivity index (χ0n) is 12.7. The summed E-state index contributed by atoms with van der Waals surface area (Å²) in [5, 5.41) is 3.40. The second kappa shape index (κ2) is 5.78. The van der Waals surface area contributed by atoms with E-state index in [1.807, 2.05) is 13.0 Å². The van der Waals surface area contributed by atoms with Crippen LogP contribution in [-0.4, -0.2) is 19.0 Å². The first-order chi connectivity index (χ1) is 10.1. The number of rotatable bonds is 3. The molecule has 3 rings (SSSR count). The van der Waals surface area contributed by atoms with E-state index < -0.39 is 5.79 Å². The normalized spacial score (nSPS) is 21.1. The minimum atomic E-state index is -0.400. The second-order valence-corrected chi connectivity index (χ2v) is 5.93. The number of allylic oxidation sites excluding steroid dienone is 1. The molecule has 0 radical (unpaired) electrons. The molecule has 0 atom stereocenters. The summed E-state index contributed by atoms with van der Waals surface area (Å²) in [6.07, 6.45) is 2.55. The number of benzene rings is 1. The number of nitrogens with one attached hydrogen (secondary N) is 1. The molecule has 21 heavy (non-hydrogen) atoms. The van der Waals surface area contributed by atoms with Crippen molar-refractivity contribution in [3.05, 3.63) is 46.4 Å². The van der Waals surface area contributed by atoms with Crippen molar-refractivity contribution in [3.63, 3.8) is 0 Å². The summed E-state index contributed by atoms with van der Waals surface area (Å²) in [5.74, 6) is -0.543. The van der Waals surface area contributed by atoms with Crippen LogP contribution in [0, 0.1) is 12.7 Å². The van der Waals surface area contributed by atoms with Gasteiger partial charge in [-0.2, -0.15) is 0 Å². The Bertz CT molecular complexity index is 542. The maximum Gasteiger partial charge on any atom is 0.172 e. The lowest BCUT2D eigenvalue weighted by atomic mass is 9.91. The fraction of sp³-hybridized carbons (Fsp3) is 0.529. The molecular weight excluding hydrogens is 269 g/mol. The molecule has 1 aromatic carbocycles. The number of halogens is 1. The van der Waals surface area contributed by atoms with Gasteiger partial charge in [-0.05, 0) is 37.5 Å². The van der Waals surface area contributed by atoms with Gasteiger partial charge in [0.25, 0.3) is 0 Å². The Morgan fingerprint density at radius 3 is 2.67 bits per heavy atom. The first-order valence-corrected chi connectivity index (χ1v) is 7.54. The van der Waals surface area contributed by atoms with Gasteiger partial charge in [-0.15, -0.1) is 0 Å². The molecule has 1 aliphatic heterocycles.